The second-order valence-electron chi connectivity index (χ2n) is 6.45. The molecular formula is C23H20N2O4. The summed E-state index contributed by atoms with van der Waals surface area (Å²) in [5.41, 5.74) is 1.48. The maximum atomic E-state index is 12.8. The molecule has 0 aromatic heterocycles. The Morgan fingerprint density at radius 1 is 0.724 bits per heavy atom. The third kappa shape index (κ3) is 5.52. The summed E-state index contributed by atoms with van der Waals surface area (Å²) in [6.45, 7) is 0. The van der Waals surface area contributed by atoms with Gasteiger partial charge in [-0.1, -0.05) is 48.5 Å². The van der Waals surface area contributed by atoms with Crippen LogP contribution in [0.1, 0.15) is 26.3 Å². The Morgan fingerprint density at radius 3 is 1.79 bits per heavy atom. The number of nitrogens with one attached hydrogen (secondary N) is 2. The molecule has 3 aromatic carbocycles. The number of rotatable bonds is 6. The molecule has 6 nitrogen and oxygen atoms in total. The summed E-state index contributed by atoms with van der Waals surface area (Å²) in [7, 11) is 0. The summed E-state index contributed by atoms with van der Waals surface area (Å²) in [5.74, 6) is -1.48. The molecule has 1 atom stereocenters. The first-order valence-electron chi connectivity index (χ1n) is 9.07. The second kappa shape index (κ2) is 9.32. The molecule has 0 heterocycles. The summed E-state index contributed by atoms with van der Waals surface area (Å²) >= 11 is 0. The molecule has 0 radical (unpaired) electrons. The average Bonchev–Trinajstić information content (AvgIpc) is 2.76. The number of phenols is 1. The van der Waals surface area contributed by atoms with Gasteiger partial charge in [-0.25, -0.2) is 0 Å². The number of hydrogen-bond donors (Lipinski definition) is 3. The van der Waals surface area contributed by atoms with Gasteiger partial charge in [0, 0.05) is 17.5 Å². The molecule has 0 bridgehead atoms. The van der Waals surface area contributed by atoms with Crippen LogP contribution in [-0.4, -0.2) is 28.9 Å². The van der Waals surface area contributed by atoms with Gasteiger partial charge in [-0.15, -0.1) is 0 Å². The van der Waals surface area contributed by atoms with E-state index in [2.05, 4.69) is 10.6 Å². The zero-order valence-corrected chi connectivity index (χ0v) is 15.5. The molecule has 29 heavy (non-hydrogen) atoms. The van der Waals surface area contributed by atoms with E-state index in [1.54, 1.807) is 72.8 Å². The minimum atomic E-state index is -0.972. The van der Waals surface area contributed by atoms with Crippen LogP contribution >= 0.6 is 0 Å². The lowest BCUT2D eigenvalue weighted by Crippen LogP contribution is -2.49. The summed E-state index contributed by atoms with van der Waals surface area (Å²) in [4.78, 5) is 37.6. The molecule has 0 saturated heterocycles. The monoisotopic (exact) mass is 388 g/mol. The maximum Gasteiger partial charge on any atom is 0.257 e. The lowest BCUT2D eigenvalue weighted by Gasteiger charge is -2.18. The normalized spacial score (nSPS) is 11.3. The predicted octanol–water partition coefficient (Wildman–Crippen LogP) is 2.69. The maximum absolute atomic E-state index is 12.8. The molecule has 3 N–H and O–H groups in total. The van der Waals surface area contributed by atoms with Gasteiger partial charge in [0.05, 0.1) is 0 Å². The lowest BCUT2D eigenvalue weighted by molar-refractivity contribution is -0.122. The van der Waals surface area contributed by atoms with Crippen molar-refractivity contribution in [3.8, 4) is 5.75 Å². The van der Waals surface area contributed by atoms with E-state index < -0.39 is 23.8 Å². The number of amides is 3. The lowest BCUT2D eigenvalue weighted by atomic mass is 10.0. The Labute approximate surface area is 168 Å². The molecule has 3 rings (SSSR count). The fourth-order valence-corrected chi connectivity index (χ4v) is 2.77. The van der Waals surface area contributed by atoms with E-state index in [0.717, 1.165) is 5.56 Å². The number of phenolic OH excluding ortho intramolecular Hbond substituents is 1. The first kappa shape index (κ1) is 19.8. The summed E-state index contributed by atoms with van der Waals surface area (Å²) in [6.07, 6.45) is 0.159. The van der Waals surface area contributed by atoms with E-state index in [9.17, 15) is 19.5 Å². The number of hydrogen-bond acceptors (Lipinski definition) is 4. The smallest absolute Gasteiger partial charge is 0.257 e. The second-order valence-corrected chi connectivity index (χ2v) is 6.45. The number of benzene rings is 3. The fourth-order valence-electron chi connectivity index (χ4n) is 2.77. The van der Waals surface area contributed by atoms with Crippen LogP contribution in [0.25, 0.3) is 0 Å². The van der Waals surface area contributed by atoms with Crippen LogP contribution in [0.3, 0.4) is 0 Å². The van der Waals surface area contributed by atoms with Gasteiger partial charge in [0.2, 0.25) is 5.91 Å². The summed E-state index contributed by atoms with van der Waals surface area (Å²) < 4.78 is 0. The van der Waals surface area contributed by atoms with Crippen molar-refractivity contribution in [1.29, 1.82) is 0 Å². The third-order valence-corrected chi connectivity index (χ3v) is 4.31. The van der Waals surface area contributed by atoms with Gasteiger partial charge in [0.1, 0.15) is 11.8 Å². The van der Waals surface area contributed by atoms with Gasteiger partial charge in [0.15, 0.2) is 0 Å². The van der Waals surface area contributed by atoms with E-state index in [0.29, 0.717) is 11.1 Å². The first-order chi connectivity index (χ1) is 14.0. The van der Waals surface area contributed by atoms with Crippen LogP contribution < -0.4 is 10.6 Å². The van der Waals surface area contributed by atoms with Crippen molar-refractivity contribution in [1.82, 2.24) is 10.6 Å². The molecule has 3 aromatic rings. The summed E-state index contributed by atoms with van der Waals surface area (Å²) in [6, 6.07) is 22.2. The van der Waals surface area contributed by atoms with Crippen molar-refractivity contribution in [2.75, 3.05) is 0 Å². The molecule has 0 aliphatic carbocycles. The number of carbonyl (C=O) groups is 3. The van der Waals surface area contributed by atoms with Crippen LogP contribution in [-0.2, 0) is 11.2 Å². The van der Waals surface area contributed by atoms with Gasteiger partial charge in [-0.05, 0) is 42.0 Å². The molecule has 0 aliphatic rings. The molecule has 146 valence electrons. The fraction of sp³-hybridized carbons (Fsp3) is 0.0870. The van der Waals surface area contributed by atoms with Gasteiger partial charge in [-0.2, -0.15) is 0 Å². The SMILES string of the molecule is O=C(NC(=O)[C@H](Cc1ccc(O)cc1)NC(=O)c1ccccc1)c1ccccc1. The van der Waals surface area contributed by atoms with Crippen molar-refractivity contribution in [2.24, 2.45) is 0 Å². The van der Waals surface area contributed by atoms with Crippen molar-refractivity contribution in [3.63, 3.8) is 0 Å². The molecule has 6 heteroatoms. The highest BCUT2D eigenvalue weighted by molar-refractivity contribution is 6.07. The summed E-state index contributed by atoms with van der Waals surface area (Å²) in [5, 5.41) is 14.5. The van der Waals surface area contributed by atoms with E-state index in [1.165, 1.54) is 12.1 Å². The molecule has 0 spiro atoms. The van der Waals surface area contributed by atoms with Crippen LogP contribution in [0.2, 0.25) is 0 Å². The average molecular weight is 388 g/mol. The Morgan fingerprint density at radius 2 is 1.24 bits per heavy atom. The minimum Gasteiger partial charge on any atom is -0.508 e. The predicted molar refractivity (Wildman–Crippen MR) is 108 cm³/mol. The highest BCUT2D eigenvalue weighted by Crippen LogP contribution is 2.12. The Hall–Kier alpha value is -3.93. The van der Waals surface area contributed by atoms with Crippen molar-refractivity contribution in [3.05, 3.63) is 102 Å². The number of imide groups is 1. The van der Waals surface area contributed by atoms with Crippen LogP contribution in [0.15, 0.2) is 84.9 Å². The highest BCUT2D eigenvalue weighted by Gasteiger charge is 2.24. The van der Waals surface area contributed by atoms with Crippen LogP contribution in [0.4, 0.5) is 0 Å². The van der Waals surface area contributed by atoms with Crippen molar-refractivity contribution < 1.29 is 19.5 Å². The molecule has 3 amide bonds. The topological polar surface area (TPSA) is 95.5 Å². The molecule has 0 fully saturated rings. The standard InChI is InChI=1S/C23H20N2O4/c26-19-13-11-16(12-14-19)15-20(24-21(27)17-7-3-1-4-8-17)23(29)25-22(28)18-9-5-2-6-10-18/h1-14,20,26H,15H2,(H,24,27)(H,25,28,29)/t20-/m0/s1. The van der Waals surface area contributed by atoms with Gasteiger partial charge in [-0.3, -0.25) is 19.7 Å². The zero-order chi connectivity index (χ0) is 20.6. The Bertz CT molecular complexity index is 986. The molecular weight excluding hydrogens is 368 g/mol. The van der Waals surface area contributed by atoms with E-state index in [4.69, 9.17) is 0 Å². The van der Waals surface area contributed by atoms with E-state index >= 15 is 0 Å². The minimum absolute atomic E-state index is 0.0994. The van der Waals surface area contributed by atoms with Crippen LogP contribution in [0.5, 0.6) is 5.75 Å². The van der Waals surface area contributed by atoms with Gasteiger partial charge < -0.3 is 10.4 Å². The Balaban J connectivity index is 1.77. The number of carbonyl (C=O) groups excluding carboxylic acids is 3. The molecule has 0 aliphatic heterocycles. The quantitative estimate of drug-likeness (QED) is 0.605. The van der Waals surface area contributed by atoms with Gasteiger partial charge in [0.25, 0.3) is 11.8 Å². The van der Waals surface area contributed by atoms with Gasteiger partial charge >= 0.3 is 0 Å². The van der Waals surface area contributed by atoms with E-state index in [1.807, 2.05) is 0 Å². The van der Waals surface area contributed by atoms with Crippen LogP contribution in [0, 0.1) is 0 Å². The third-order valence-electron chi connectivity index (χ3n) is 4.31. The first-order valence-corrected chi connectivity index (χ1v) is 9.07. The largest absolute Gasteiger partial charge is 0.508 e. The highest BCUT2D eigenvalue weighted by atomic mass is 16.3. The van der Waals surface area contributed by atoms with E-state index in [-0.39, 0.29) is 12.2 Å². The molecule has 0 unspecified atom stereocenters. The Kier molecular flexibility index (Phi) is 6.37. The van der Waals surface area contributed by atoms with Crippen molar-refractivity contribution >= 4 is 17.7 Å². The molecule has 0 saturated carbocycles. The van der Waals surface area contributed by atoms with Crippen molar-refractivity contribution in [2.45, 2.75) is 12.5 Å². The number of aromatic hydroxyl groups is 1. The zero-order valence-electron chi connectivity index (χ0n) is 15.5.